The van der Waals surface area contributed by atoms with Crippen molar-refractivity contribution in [1.82, 2.24) is 4.98 Å². The minimum absolute atomic E-state index is 0.195. The van der Waals surface area contributed by atoms with Crippen LogP contribution in [0.5, 0.6) is 0 Å². The van der Waals surface area contributed by atoms with E-state index in [4.69, 9.17) is 11.5 Å². The molecule has 1 atom stereocenters. The molecule has 1 unspecified atom stereocenters. The number of nitrogens with zero attached hydrogens (tertiary/aromatic N) is 1. The largest absolute Gasteiger partial charge is 0.398 e. The van der Waals surface area contributed by atoms with E-state index in [1.54, 1.807) is 18.3 Å². The van der Waals surface area contributed by atoms with Gasteiger partial charge in [0.25, 0.3) is 0 Å². The van der Waals surface area contributed by atoms with Crippen molar-refractivity contribution in [2.45, 2.75) is 12.5 Å². The van der Waals surface area contributed by atoms with Gasteiger partial charge in [-0.25, -0.2) is 4.39 Å². The van der Waals surface area contributed by atoms with Crippen LogP contribution in [0.3, 0.4) is 0 Å². The Morgan fingerprint density at radius 2 is 2.11 bits per heavy atom. The summed E-state index contributed by atoms with van der Waals surface area (Å²) in [6.45, 7) is 3.66. The number of hydrogen-bond acceptors (Lipinski definition) is 3. The van der Waals surface area contributed by atoms with Crippen LogP contribution in [0.15, 0.2) is 49.2 Å². The summed E-state index contributed by atoms with van der Waals surface area (Å²) < 4.78 is 13.0. The Morgan fingerprint density at radius 1 is 1.32 bits per heavy atom. The van der Waals surface area contributed by atoms with Gasteiger partial charge in [0.05, 0.1) is 11.7 Å². The van der Waals surface area contributed by atoms with Crippen molar-refractivity contribution in [2.75, 3.05) is 5.73 Å². The van der Waals surface area contributed by atoms with E-state index in [1.807, 2.05) is 12.1 Å². The van der Waals surface area contributed by atoms with Gasteiger partial charge in [-0.3, -0.25) is 4.98 Å². The smallest absolute Gasteiger partial charge is 0.125 e. The summed E-state index contributed by atoms with van der Waals surface area (Å²) in [6.07, 6.45) is 4.08. The Labute approximate surface area is 111 Å². The minimum Gasteiger partial charge on any atom is -0.398 e. The third-order valence-electron chi connectivity index (χ3n) is 2.91. The molecule has 1 heterocycles. The van der Waals surface area contributed by atoms with E-state index in [0.717, 1.165) is 16.8 Å². The van der Waals surface area contributed by atoms with Crippen LogP contribution in [0.4, 0.5) is 10.1 Å². The summed E-state index contributed by atoms with van der Waals surface area (Å²) in [5.74, 6) is -0.348. The molecule has 4 N–H and O–H groups in total. The number of rotatable bonds is 4. The summed E-state index contributed by atoms with van der Waals surface area (Å²) in [7, 11) is 0. The van der Waals surface area contributed by atoms with E-state index < -0.39 is 0 Å². The second-order valence-corrected chi connectivity index (χ2v) is 4.33. The molecule has 2 rings (SSSR count). The van der Waals surface area contributed by atoms with E-state index in [2.05, 4.69) is 11.6 Å². The van der Waals surface area contributed by atoms with E-state index in [0.29, 0.717) is 12.1 Å². The van der Waals surface area contributed by atoms with Gasteiger partial charge in [0.15, 0.2) is 0 Å². The Morgan fingerprint density at radius 3 is 2.79 bits per heavy atom. The molecule has 19 heavy (non-hydrogen) atoms. The number of aromatic nitrogens is 1. The van der Waals surface area contributed by atoms with Crippen molar-refractivity contribution >= 4 is 5.69 Å². The molecule has 1 aromatic carbocycles. The van der Waals surface area contributed by atoms with Crippen molar-refractivity contribution in [2.24, 2.45) is 5.73 Å². The van der Waals surface area contributed by atoms with Crippen LogP contribution in [0.1, 0.15) is 18.2 Å². The average molecular weight is 257 g/mol. The molecule has 0 radical (unpaired) electrons. The van der Waals surface area contributed by atoms with Gasteiger partial charge in [0.1, 0.15) is 5.82 Å². The molecule has 1 aromatic heterocycles. The number of anilines is 1. The topological polar surface area (TPSA) is 64.9 Å². The molecule has 4 heteroatoms. The van der Waals surface area contributed by atoms with Gasteiger partial charge in [0, 0.05) is 17.4 Å². The summed E-state index contributed by atoms with van der Waals surface area (Å²) in [6, 6.07) is 7.85. The third-order valence-corrected chi connectivity index (χ3v) is 2.91. The highest BCUT2D eigenvalue weighted by atomic mass is 19.1. The van der Waals surface area contributed by atoms with Crippen LogP contribution in [0, 0.1) is 5.82 Å². The molecule has 0 spiro atoms. The molecule has 0 fully saturated rings. The van der Waals surface area contributed by atoms with Crippen molar-refractivity contribution < 1.29 is 4.39 Å². The molecule has 2 aromatic rings. The number of hydrogen-bond donors (Lipinski definition) is 2. The molecule has 0 bridgehead atoms. The highest BCUT2D eigenvalue weighted by Gasteiger charge is 2.09. The van der Waals surface area contributed by atoms with Crippen molar-refractivity contribution in [3.8, 4) is 11.1 Å². The van der Waals surface area contributed by atoms with Gasteiger partial charge in [0.2, 0.25) is 0 Å². The van der Waals surface area contributed by atoms with E-state index in [9.17, 15) is 4.39 Å². The lowest BCUT2D eigenvalue weighted by atomic mass is 10.0. The fraction of sp³-hybridized carbons (Fsp3) is 0.133. The first-order chi connectivity index (χ1) is 9.11. The SMILES string of the molecule is C=CCC(N)c1cc(-c2ccc(F)cc2N)ccn1. The molecule has 0 amide bonds. The first kappa shape index (κ1) is 13.2. The van der Waals surface area contributed by atoms with Crippen LogP contribution >= 0.6 is 0 Å². The second-order valence-electron chi connectivity index (χ2n) is 4.33. The monoisotopic (exact) mass is 257 g/mol. The Balaban J connectivity index is 2.40. The molecule has 0 aliphatic carbocycles. The van der Waals surface area contributed by atoms with Crippen molar-refractivity contribution in [1.29, 1.82) is 0 Å². The maximum absolute atomic E-state index is 13.0. The maximum atomic E-state index is 13.0. The molecular formula is C15H16FN3. The van der Waals surface area contributed by atoms with E-state index in [1.165, 1.54) is 12.1 Å². The molecule has 0 saturated carbocycles. The fourth-order valence-corrected chi connectivity index (χ4v) is 1.92. The van der Waals surface area contributed by atoms with Crippen LogP contribution < -0.4 is 11.5 Å². The fourth-order valence-electron chi connectivity index (χ4n) is 1.92. The number of nitrogen functional groups attached to an aromatic ring is 1. The highest BCUT2D eigenvalue weighted by molar-refractivity contribution is 5.76. The third kappa shape index (κ3) is 2.98. The lowest BCUT2D eigenvalue weighted by Gasteiger charge is -2.11. The Bertz CT molecular complexity index is 596. The van der Waals surface area contributed by atoms with Crippen LogP contribution in [0.25, 0.3) is 11.1 Å². The quantitative estimate of drug-likeness (QED) is 0.653. The molecule has 98 valence electrons. The molecular weight excluding hydrogens is 241 g/mol. The lowest BCUT2D eigenvalue weighted by molar-refractivity contribution is 0.628. The van der Waals surface area contributed by atoms with Crippen LogP contribution in [0.2, 0.25) is 0 Å². The predicted octanol–water partition coefficient (Wildman–Crippen LogP) is 3.05. The lowest BCUT2D eigenvalue weighted by Crippen LogP contribution is -2.10. The van der Waals surface area contributed by atoms with Gasteiger partial charge in [-0.15, -0.1) is 6.58 Å². The first-order valence-electron chi connectivity index (χ1n) is 5.99. The number of halogens is 1. The highest BCUT2D eigenvalue weighted by Crippen LogP contribution is 2.27. The zero-order valence-electron chi connectivity index (χ0n) is 10.5. The Hall–Kier alpha value is -2.20. The zero-order chi connectivity index (χ0) is 13.8. The minimum atomic E-state index is -0.348. The maximum Gasteiger partial charge on any atom is 0.125 e. The average Bonchev–Trinajstić information content (AvgIpc) is 2.39. The molecule has 0 aliphatic rings. The van der Waals surface area contributed by atoms with Crippen molar-refractivity contribution in [3.05, 3.63) is 60.7 Å². The Kier molecular flexibility index (Phi) is 3.92. The van der Waals surface area contributed by atoms with Crippen molar-refractivity contribution in [3.63, 3.8) is 0 Å². The molecule has 3 nitrogen and oxygen atoms in total. The number of benzene rings is 1. The molecule has 0 aliphatic heterocycles. The van der Waals surface area contributed by atoms with Crippen LogP contribution in [-0.2, 0) is 0 Å². The standard InChI is InChI=1S/C15H16FN3/c1-2-3-13(17)15-8-10(6-7-19-15)12-5-4-11(16)9-14(12)18/h2,4-9,13H,1,3,17-18H2. The van der Waals surface area contributed by atoms with E-state index in [-0.39, 0.29) is 11.9 Å². The predicted molar refractivity (Wildman–Crippen MR) is 75.8 cm³/mol. The summed E-state index contributed by atoms with van der Waals surface area (Å²) in [5.41, 5.74) is 14.6. The van der Waals surface area contributed by atoms with E-state index >= 15 is 0 Å². The van der Waals surface area contributed by atoms with Gasteiger partial charge < -0.3 is 11.5 Å². The summed E-state index contributed by atoms with van der Waals surface area (Å²) >= 11 is 0. The second kappa shape index (κ2) is 5.63. The number of pyridine rings is 1. The van der Waals surface area contributed by atoms with Gasteiger partial charge >= 0.3 is 0 Å². The van der Waals surface area contributed by atoms with Gasteiger partial charge in [-0.2, -0.15) is 0 Å². The van der Waals surface area contributed by atoms with Gasteiger partial charge in [-0.05, 0) is 42.3 Å². The zero-order valence-corrected chi connectivity index (χ0v) is 10.5. The first-order valence-corrected chi connectivity index (χ1v) is 5.99. The number of nitrogens with two attached hydrogens (primary N) is 2. The van der Waals surface area contributed by atoms with Gasteiger partial charge in [-0.1, -0.05) is 6.08 Å². The summed E-state index contributed by atoms with van der Waals surface area (Å²) in [5, 5.41) is 0. The summed E-state index contributed by atoms with van der Waals surface area (Å²) in [4.78, 5) is 4.24. The normalized spacial score (nSPS) is 12.1. The molecule has 0 saturated heterocycles. The van der Waals surface area contributed by atoms with Crippen LogP contribution in [-0.4, -0.2) is 4.98 Å².